The molecule has 0 atom stereocenters. The Morgan fingerprint density at radius 2 is 2.04 bits per heavy atom. The Kier molecular flexibility index (Phi) is 4.93. The Labute approximate surface area is 141 Å². The highest BCUT2D eigenvalue weighted by atomic mass is 16.2. The smallest absolute Gasteiger partial charge is 0.263 e. The second-order valence-electron chi connectivity index (χ2n) is 6.17. The lowest BCUT2D eigenvalue weighted by Crippen LogP contribution is -2.40. The molecule has 6 nitrogen and oxygen atoms in total. The molecule has 0 aliphatic carbocycles. The van der Waals surface area contributed by atoms with Gasteiger partial charge in [0.1, 0.15) is 11.4 Å². The average Bonchev–Trinajstić information content (AvgIpc) is 2.63. The third-order valence-electron chi connectivity index (χ3n) is 4.51. The van der Waals surface area contributed by atoms with Crippen LogP contribution in [0, 0.1) is 5.92 Å². The van der Waals surface area contributed by atoms with Gasteiger partial charge >= 0.3 is 0 Å². The van der Waals surface area contributed by atoms with Gasteiger partial charge in [0.05, 0.1) is 0 Å². The summed E-state index contributed by atoms with van der Waals surface area (Å²) in [6.07, 6.45) is 5.46. The first kappa shape index (κ1) is 16.2. The van der Waals surface area contributed by atoms with Crippen molar-refractivity contribution in [1.82, 2.24) is 14.9 Å². The van der Waals surface area contributed by atoms with E-state index >= 15 is 0 Å². The number of rotatable bonds is 4. The number of hydrogen-bond acceptors (Lipinski definition) is 4. The molecule has 126 valence electrons. The van der Waals surface area contributed by atoms with Gasteiger partial charge in [0.25, 0.3) is 11.5 Å². The molecule has 1 fully saturated rings. The van der Waals surface area contributed by atoms with Crippen molar-refractivity contribution in [3.63, 3.8) is 0 Å². The number of aromatic nitrogens is 2. The Balaban J connectivity index is 1.51. The van der Waals surface area contributed by atoms with E-state index in [-0.39, 0.29) is 17.0 Å². The molecule has 1 N–H and O–H groups in total. The first-order valence-electron chi connectivity index (χ1n) is 8.25. The first-order chi connectivity index (χ1) is 11.6. The van der Waals surface area contributed by atoms with E-state index in [4.69, 9.17) is 0 Å². The van der Waals surface area contributed by atoms with E-state index in [1.54, 1.807) is 25.4 Å². The van der Waals surface area contributed by atoms with Crippen LogP contribution in [0.15, 0.2) is 47.5 Å². The van der Waals surface area contributed by atoms with Gasteiger partial charge < -0.3 is 14.8 Å². The fourth-order valence-electron chi connectivity index (χ4n) is 3.01. The summed E-state index contributed by atoms with van der Waals surface area (Å²) in [5, 5.41) is 2.90. The van der Waals surface area contributed by atoms with Gasteiger partial charge in [-0.3, -0.25) is 9.59 Å². The molecule has 6 heteroatoms. The molecule has 0 saturated carbocycles. The molecule has 0 unspecified atom stereocenters. The molecule has 1 saturated heterocycles. The number of anilines is 1. The molecule has 3 rings (SSSR count). The minimum atomic E-state index is -0.289. The van der Waals surface area contributed by atoms with Crippen molar-refractivity contribution in [3.8, 4) is 0 Å². The van der Waals surface area contributed by atoms with E-state index in [0.717, 1.165) is 31.7 Å². The molecular formula is C18H22N4O2. The molecule has 1 aliphatic rings. The van der Waals surface area contributed by atoms with Gasteiger partial charge in [-0.15, -0.1) is 0 Å². The molecule has 2 aromatic heterocycles. The van der Waals surface area contributed by atoms with E-state index in [9.17, 15) is 9.59 Å². The zero-order valence-corrected chi connectivity index (χ0v) is 13.8. The van der Waals surface area contributed by atoms with Crippen LogP contribution in [0.4, 0.5) is 5.82 Å². The van der Waals surface area contributed by atoms with Crippen molar-refractivity contribution >= 4 is 11.7 Å². The van der Waals surface area contributed by atoms with Gasteiger partial charge in [-0.25, -0.2) is 4.98 Å². The van der Waals surface area contributed by atoms with Crippen LogP contribution in [0.1, 0.15) is 23.2 Å². The van der Waals surface area contributed by atoms with Gasteiger partial charge in [0.2, 0.25) is 0 Å². The number of aryl methyl sites for hydroxylation is 1. The Bertz CT molecular complexity index is 749. The van der Waals surface area contributed by atoms with Crippen LogP contribution >= 0.6 is 0 Å². The van der Waals surface area contributed by atoms with Gasteiger partial charge in [-0.05, 0) is 43.0 Å². The molecule has 1 amide bonds. The van der Waals surface area contributed by atoms with Crippen LogP contribution in [-0.4, -0.2) is 35.1 Å². The second kappa shape index (κ2) is 7.29. The minimum Gasteiger partial charge on any atom is -0.357 e. The highest BCUT2D eigenvalue weighted by molar-refractivity contribution is 5.93. The van der Waals surface area contributed by atoms with Crippen LogP contribution in [0.5, 0.6) is 0 Å². The SMILES string of the molecule is Cn1cccc(C(=O)NCC2CCN(c3ccccn3)CC2)c1=O. The first-order valence-corrected chi connectivity index (χ1v) is 8.25. The van der Waals surface area contributed by atoms with Crippen molar-refractivity contribution in [3.05, 3.63) is 58.6 Å². The molecule has 0 radical (unpaired) electrons. The summed E-state index contributed by atoms with van der Waals surface area (Å²) in [6.45, 7) is 2.47. The molecule has 0 aromatic carbocycles. The van der Waals surface area contributed by atoms with Crippen molar-refractivity contribution in [2.75, 3.05) is 24.5 Å². The highest BCUT2D eigenvalue weighted by Gasteiger charge is 2.21. The predicted octanol–water partition coefficient (Wildman–Crippen LogP) is 1.43. The Morgan fingerprint density at radius 1 is 1.25 bits per heavy atom. The number of nitrogens with one attached hydrogen (secondary N) is 1. The molecule has 2 aromatic rings. The van der Waals surface area contributed by atoms with E-state index < -0.39 is 0 Å². The summed E-state index contributed by atoms with van der Waals surface area (Å²) in [4.78, 5) is 30.8. The van der Waals surface area contributed by atoms with Crippen LogP contribution in [0.25, 0.3) is 0 Å². The monoisotopic (exact) mass is 326 g/mol. The quantitative estimate of drug-likeness (QED) is 0.923. The molecule has 0 bridgehead atoms. The van der Waals surface area contributed by atoms with Crippen LogP contribution in [0.2, 0.25) is 0 Å². The van der Waals surface area contributed by atoms with Gasteiger partial charge in [0, 0.05) is 39.1 Å². The Hall–Kier alpha value is -2.63. The number of carbonyl (C=O) groups excluding carboxylic acids is 1. The summed E-state index contributed by atoms with van der Waals surface area (Å²) < 4.78 is 1.42. The topological polar surface area (TPSA) is 67.2 Å². The van der Waals surface area contributed by atoms with Crippen molar-refractivity contribution in [2.45, 2.75) is 12.8 Å². The molecular weight excluding hydrogens is 304 g/mol. The van der Waals surface area contributed by atoms with Crippen molar-refractivity contribution in [1.29, 1.82) is 0 Å². The molecule has 24 heavy (non-hydrogen) atoms. The number of pyridine rings is 2. The van der Waals surface area contributed by atoms with Crippen molar-refractivity contribution in [2.24, 2.45) is 13.0 Å². The third kappa shape index (κ3) is 3.64. The number of hydrogen-bond donors (Lipinski definition) is 1. The summed E-state index contributed by atoms with van der Waals surface area (Å²) in [7, 11) is 1.65. The largest absolute Gasteiger partial charge is 0.357 e. The van der Waals surface area contributed by atoms with Crippen LogP contribution < -0.4 is 15.8 Å². The summed E-state index contributed by atoms with van der Waals surface area (Å²) >= 11 is 0. The minimum absolute atomic E-state index is 0.200. The Morgan fingerprint density at radius 3 is 2.75 bits per heavy atom. The number of amides is 1. The normalized spacial score (nSPS) is 15.3. The zero-order valence-electron chi connectivity index (χ0n) is 13.8. The maximum Gasteiger partial charge on any atom is 0.263 e. The van der Waals surface area contributed by atoms with Gasteiger partial charge in [-0.1, -0.05) is 6.07 Å². The van der Waals surface area contributed by atoms with Gasteiger partial charge in [0.15, 0.2) is 0 Å². The van der Waals surface area contributed by atoms with E-state index in [1.165, 1.54) is 4.57 Å². The van der Waals surface area contributed by atoms with Crippen molar-refractivity contribution < 1.29 is 4.79 Å². The zero-order chi connectivity index (χ0) is 16.9. The lowest BCUT2D eigenvalue weighted by molar-refractivity contribution is 0.0943. The third-order valence-corrected chi connectivity index (χ3v) is 4.51. The van der Waals surface area contributed by atoms with Gasteiger partial charge in [-0.2, -0.15) is 0 Å². The maximum absolute atomic E-state index is 12.2. The van der Waals surface area contributed by atoms with E-state index in [2.05, 4.69) is 15.2 Å². The standard InChI is InChI=1S/C18H22N4O2/c1-21-10-4-5-15(18(21)24)17(23)20-13-14-7-11-22(12-8-14)16-6-2-3-9-19-16/h2-6,9-10,14H,7-8,11-13H2,1H3,(H,20,23). The van der Waals surface area contributed by atoms with E-state index in [1.807, 2.05) is 24.4 Å². The number of nitrogens with zero attached hydrogens (tertiary/aromatic N) is 3. The van der Waals surface area contributed by atoms with Crippen LogP contribution in [0.3, 0.4) is 0 Å². The fraction of sp³-hybridized carbons (Fsp3) is 0.389. The molecule has 3 heterocycles. The average molecular weight is 326 g/mol. The maximum atomic E-state index is 12.2. The number of carbonyl (C=O) groups is 1. The summed E-state index contributed by atoms with van der Waals surface area (Å²) in [5.41, 5.74) is -0.0640. The molecule has 0 spiro atoms. The summed E-state index contributed by atoms with van der Waals surface area (Å²) in [5.74, 6) is 1.15. The number of piperidine rings is 1. The van der Waals surface area contributed by atoms with E-state index in [0.29, 0.717) is 12.5 Å². The lowest BCUT2D eigenvalue weighted by Gasteiger charge is -2.32. The molecule has 1 aliphatic heterocycles. The summed E-state index contributed by atoms with van der Waals surface area (Å²) in [6, 6.07) is 9.21. The second-order valence-corrected chi connectivity index (χ2v) is 6.17. The van der Waals surface area contributed by atoms with Crippen LogP contribution in [-0.2, 0) is 7.05 Å². The predicted molar refractivity (Wildman–Crippen MR) is 93.2 cm³/mol. The lowest BCUT2D eigenvalue weighted by atomic mass is 9.96. The highest BCUT2D eigenvalue weighted by Crippen LogP contribution is 2.20. The fourth-order valence-corrected chi connectivity index (χ4v) is 3.01.